The summed E-state index contributed by atoms with van der Waals surface area (Å²) >= 11 is 6.39. The zero-order valence-electron chi connectivity index (χ0n) is 23.8. The summed E-state index contributed by atoms with van der Waals surface area (Å²) in [6, 6.07) is 11.5. The van der Waals surface area contributed by atoms with Gasteiger partial charge in [0.2, 0.25) is 10.0 Å². The van der Waals surface area contributed by atoms with E-state index in [1.54, 1.807) is 12.1 Å². The minimum atomic E-state index is -3.79. The Morgan fingerprint density at radius 2 is 1.98 bits per heavy atom. The van der Waals surface area contributed by atoms with Gasteiger partial charge in [0.1, 0.15) is 5.75 Å². The molecule has 2 aliphatic heterocycles. The Kier molecular flexibility index (Phi) is 8.02. The minimum absolute atomic E-state index is 0.0786. The Morgan fingerprint density at radius 3 is 2.76 bits per heavy atom. The van der Waals surface area contributed by atoms with Gasteiger partial charge in [-0.2, -0.15) is 0 Å². The number of ether oxygens (including phenoxy) is 1. The quantitative estimate of drug-likeness (QED) is 0.460. The van der Waals surface area contributed by atoms with Gasteiger partial charge < -0.3 is 14.7 Å². The molecule has 2 aliphatic carbocycles. The van der Waals surface area contributed by atoms with Gasteiger partial charge >= 0.3 is 0 Å². The van der Waals surface area contributed by atoms with E-state index < -0.39 is 15.9 Å². The van der Waals surface area contributed by atoms with Crippen molar-refractivity contribution in [1.29, 1.82) is 0 Å². The number of benzene rings is 2. The van der Waals surface area contributed by atoms with Crippen LogP contribution in [0.2, 0.25) is 5.02 Å². The number of aliphatic hydroxyl groups is 1. The Hall–Kier alpha value is -2.29. The Balaban J connectivity index is 1.41. The summed E-state index contributed by atoms with van der Waals surface area (Å²) in [7, 11) is -3.79. The van der Waals surface area contributed by atoms with Crippen molar-refractivity contribution in [2.24, 2.45) is 23.7 Å². The first-order valence-electron chi connectivity index (χ1n) is 15.1. The molecule has 2 N–H and O–H groups in total. The molecule has 0 aromatic heterocycles. The zero-order chi connectivity index (χ0) is 28.8. The Labute approximate surface area is 248 Å². The highest BCUT2D eigenvalue weighted by atomic mass is 35.5. The van der Waals surface area contributed by atoms with Crippen molar-refractivity contribution in [3.8, 4) is 5.75 Å². The van der Waals surface area contributed by atoms with Crippen molar-refractivity contribution in [2.45, 2.75) is 63.7 Å². The van der Waals surface area contributed by atoms with Crippen LogP contribution in [0.5, 0.6) is 5.75 Å². The molecule has 0 unspecified atom stereocenters. The fourth-order valence-electron chi connectivity index (χ4n) is 7.85. The molecule has 5 atom stereocenters. The molecule has 2 heterocycles. The van der Waals surface area contributed by atoms with Crippen molar-refractivity contribution in [1.82, 2.24) is 4.72 Å². The normalized spacial score (nSPS) is 31.6. The van der Waals surface area contributed by atoms with Gasteiger partial charge in [-0.1, -0.05) is 31.0 Å². The maximum Gasteiger partial charge on any atom is 0.264 e. The minimum Gasteiger partial charge on any atom is -0.490 e. The maximum absolute atomic E-state index is 13.2. The molecule has 0 saturated heterocycles. The van der Waals surface area contributed by atoms with E-state index in [1.165, 1.54) is 11.1 Å². The first-order valence-corrected chi connectivity index (χ1v) is 17.2. The van der Waals surface area contributed by atoms with Crippen LogP contribution in [0.25, 0.3) is 0 Å². The summed E-state index contributed by atoms with van der Waals surface area (Å²) in [5.41, 5.74) is 3.47. The third-order valence-corrected chi connectivity index (χ3v) is 11.8. The standard InChI is InChI=1S/C32H41ClN2O5S/c1-21-4-2-5-25(17-36)27-10-7-24(27)16-35-19-32(13-3-6-22-14-26(33)9-11-28(22)32)20-40-30-12-8-23(15-29(30)35)31(37)34-41(38,39)18-21/h8-9,11-12,14-15,21,24-25,27,36H,2-7,10,13,16-20H2,1H3,(H,34,37)/t21-,24-,25-,27+,32-/m0/s1. The SMILES string of the molecule is C[C@H]1CCC[C@@H](CO)[C@@H]2CC[C@H]2CN2C[C@@]3(CCCc4cc(Cl)ccc43)COc3ccc(cc32)C(=O)NS(=O)(=O)C1. The third kappa shape index (κ3) is 5.84. The van der Waals surface area contributed by atoms with E-state index in [0.717, 1.165) is 75.2 Å². The van der Waals surface area contributed by atoms with E-state index in [2.05, 4.69) is 21.8 Å². The van der Waals surface area contributed by atoms with Crippen LogP contribution in [-0.2, 0) is 21.9 Å². The largest absolute Gasteiger partial charge is 0.490 e. The topological polar surface area (TPSA) is 95.9 Å². The lowest BCUT2D eigenvalue weighted by Gasteiger charge is -2.46. The van der Waals surface area contributed by atoms with Gasteiger partial charge in [0.15, 0.2) is 0 Å². The summed E-state index contributed by atoms with van der Waals surface area (Å²) in [5, 5.41) is 11.1. The number of hydrogen-bond acceptors (Lipinski definition) is 6. The van der Waals surface area contributed by atoms with Crippen LogP contribution in [0, 0.1) is 23.7 Å². The number of sulfonamides is 1. The lowest BCUT2D eigenvalue weighted by atomic mass is 9.65. The molecule has 1 fully saturated rings. The summed E-state index contributed by atoms with van der Waals surface area (Å²) in [6.45, 7) is 4.14. The monoisotopic (exact) mass is 600 g/mol. The molecular formula is C32H41ClN2O5S. The van der Waals surface area contributed by atoms with Crippen molar-refractivity contribution >= 4 is 33.2 Å². The Morgan fingerprint density at radius 1 is 1.12 bits per heavy atom. The predicted octanol–water partition coefficient (Wildman–Crippen LogP) is 5.33. The van der Waals surface area contributed by atoms with Gasteiger partial charge in [-0.3, -0.25) is 4.79 Å². The van der Waals surface area contributed by atoms with Gasteiger partial charge in [0, 0.05) is 35.7 Å². The molecule has 2 aromatic carbocycles. The van der Waals surface area contributed by atoms with Gasteiger partial charge in [-0.05, 0) is 110 Å². The fraction of sp³-hybridized carbons (Fsp3) is 0.594. The van der Waals surface area contributed by atoms with Crippen LogP contribution in [-0.4, -0.2) is 51.5 Å². The van der Waals surface area contributed by atoms with Crippen molar-refractivity contribution in [3.63, 3.8) is 0 Å². The third-order valence-electron chi connectivity index (χ3n) is 10.1. The van der Waals surface area contributed by atoms with E-state index in [-0.39, 0.29) is 29.6 Å². The van der Waals surface area contributed by atoms with E-state index in [4.69, 9.17) is 16.3 Å². The number of aryl methyl sites for hydroxylation is 1. The van der Waals surface area contributed by atoms with Crippen LogP contribution in [0.4, 0.5) is 5.69 Å². The predicted molar refractivity (Wildman–Crippen MR) is 161 cm³/mol. The summed E-state index contributed by atoms with van der Waals surface area (Å²) in [5.74, 6) is 1.01. The molecular weight excluding hydrogens is 560 g/mol. The van der Waals surface area contributed by atoms with E-state index in [0.29, 0.717) is 29.8 Å². The number of carbonyl (C=O) groups is 1. The number of nitrogens with one attached hydrogen (secondary N) is 1. The molecule has 1 spiro atoms. The maximum atomic E-state index is 13.2. The number of nitrogens with zero attached hydrogens (tertiary/aromatic N) is 1. The Bertz CT molecular complexity index is 1410. The van der Waals surface area contributed by atoms with Crippen LogP contribution in [0.3, 0.4) is 0 Å². The number of rotatable bonds is 1. The number of anilines is 1. The first kappa shape index (κ1) is 28.8. The highest BCUT2D eigenvalue weighted by molar-refractivity contribution is 7.90. The van der Waals surface area contributed by atoms with Crippen molar-refractivity contribution < 1.29 is 23.1 Å². The van der Waals surface area contributed by atoms with Gasteiger partial charge in [-0.25, -0.2) is 13.1 Å². The number of aliphatic hydroxyl groups excluding tert-OH is 1. The number of amides is 1. The number of carbonyl (C=O) groups excluding carboxylic acids is 1. The van der Waals surface area contributed by atoms with Crippen LogP contribution >= 0.6 is 11.6 Å². The molecule has 222 valence electrons. The van der Waals surface area contributed by atoms with Gasteiger partial charge in [0.05, 0.1) is 18.0 Å². The van der Waals surface area contributed by atoms with Crippen molar-refractivity contribution in [2.75, 3.05) is 37.0 Å². The molecule has 41 heavy (non-hydrogen) atoms. The first-order chi connectivity index (χ1) is 19.7. The second kappa shape index (κ2) is 11.4. The highest BCUT2D eigenvalue weighted by Crippen LogP contribution is 2.47. The summed E-state index contributed by atoms with van der Waals surface area (Å²) in [4.78, 5) is 15.6. The lowest BCUT2D eigenvalue weighted by molar-refractivity contribution is 0.0570. The molecule has 1 saturated carbocycles. The van der Waals surface area contributed by atoms with Crippen molar-refractivity contribution in [3.05, 3.63) is 58.1 Å². The molecule has 9 heteroatoms. The second-order valence-corrected chi connectivity index (χ2v) is 15.2. The molecule has 2 aromatic rings. The number of hydrogen-bond donors (Lipinski definition) is 2. The van der Waals surface area contributed by atoms with E-state index in [9.17, 15) is 18.3 Å². The zero-order valence-corrected chi connectivity index (χ0v) is 25.4. The molecule has 4 aliphatic rings. The molecule has 2 bridgehead atoms. The van der Waals surface area contributed by atoms with Crippen LogP contribution in [0.15, 0.2) is 36.4 Å². The number of halogens is 1. The number of fused-ring (bicyclic) bond motifs is 4. The van der Waals surface area contributed by atoms with Crippen LogP contribution < -0.4 is 14.4 Å². The molecule has 0 radical (unpaired) electrons. The highest BCUT2D eigenvalue weighted by Gasteiger charge is 2.44. The fourth-order valence-corrected chi connectivity index (χ4v) is 9.44. The van der Waals surface area contributed by atoms with E-state index in [1.807, 2.05) is 19.1 Å². The summed E-state index contributed by atoms with van der Waals surface area (Å²) < 4.78 is 34.6. The molecule has 6 rings (SSSR count). The van der Waals surface area contributed by atoms with Crippen LogP contribution in [0.1, 0.15) is 73.4 Å². The van der Waals surface area contributed by atoms with Gasteiger partial charge in [-0.15, -0.1) is 0 Å². The average molecular weight is 601 g/mol. The second-order valence-electron chi connectivity index (χ2n) is 13.0. The van der Waals surface area contributed by atoms with E-state index >= 15 is 0 Å². The lowest BCUT2D eigenvalue weighted by Crippen LogP contribution is -2.49. The van der Waals surface area contributed by atoms with Gasteiger partial charge in [0.25, 0.3) is 5.91 Å². The smallest absolute Gasteiger partial charge is 0.264 e. The average Bonchev–Trinajstić information content (AvgIpc) is 3.06. The molecule has 1 amide bonds. The summed E-state index contributed by atoms with van der Waals surface area (Å²) in [6.07, 6.45) is 7.74. The molecule has 7 nitrogen and oxygen atoms in total.